The van der Waals surface area contributed by atoms with Crippen LogP contribution in [0.3, 0.4) is 0 Å². The zero-order valence-corrected chi connectivity index (χ0v) is 13.9. The average molecular weight is 324 g/mol. The van der Waals surface area contributed by atoms with Crippen molar-refractivity contribution in [2.24, 2.45) is 0 Å². The molecule has 2 atom stereocenters. The number of hydrogen-bond donors (Lipinski definition) is 1. The summed E-state index contributed by atoms with van der Waals surface area (Å²) in [6.07, 6.45) is 0. The van der Waals surface area contributed by atoms with Crippen molar-refractivity contribution in [2.45, 2.75) is 25.9 Å². The molecule has 0 saturated heterocycles. The molecule has 0 radical (unpaired) electrons. The fourth-order valence-electron chi connectivity index (χ4n) is 2.32. The molecule has 0 aliphatic heterocycles. The molecule has 0 aromatic heterocycles. The number of benzene rings is 2. The fourth-order valence-corrected chi connectivity index (χ4v) is 2.90. The van der Waals surface area contributed by atoms with Crippen molar-refractivity contribution in [3.05, 3.63) is 63.6 Å². The third-order valence-corrected chi connectivity index (χ3v) is 4.09. The van der Waals surface area contributed by atoms with Gasteiger partial charge in [-0.15, -0.1) is 0 Å². The van der Waals surface area contributed by atoms with Gasteiger partial charge in [-0.2, -0.15) is 0 Å². The second-order valence-electron chi connectivity index (χ2n) is 5.05. The Morgan fingerprint density at radius 1 is 1.00 bits per heavy atom. The van der Waals surface area contributed by atoms with E-state index in [0.29, 0.717) is 10.0 Å². The van der Waals surface area contributed by atoms with E-state index in [2.05, 4.69) is 25.2 Å². The van der Waals surface area contributed by atoms with Gasteiger partial charge in [0.15, 0.2) is 0 Å². The lowest BCUT2D eigenvalue weighted by Gasteiger charge is -2.22. The number of nitrogens with one attached hydrogen (secondary N) is 1. The van der Waals surface area contributed by atoms with Crippen LogP contribution in [-0.4, -0.2) is 7.11 Å². The van der Waals surface area contributed by atoms with Gasteiger partial charge in [-0.25, -0.2) is 0 Å². The lowest BCUT2D eigenvalue weighted by Crippen LogP contribution is -2.22. The molecule has 2 aromatic rings. The number of rotatable bonds is 5. The van der Waals surface area contributed by atoms with Crippen molar-refractivity contribution in [2.75, 3.05) is 7.11 Å². The summed E-state index contributed by atoms with van der Waals surface area (Å²) >= 11 is 12.2. The maximum Gasteiger partial charge on any atom is 0.119 e. The van der Waals surface area contributed by atoms with Gasteiger partial charge in [-0.1, -0.05) is 41.4 Å². The molecule has 0 aliphatic rings. The Hall–Kier alpha value is -1.22. The van der Waals surface area contributed by atoms with Crippen molar-refractivity contribution in [3.63, 3.8) is 0 Å². The summed E-state index contributed by atoms with van der Waals surface area (Å²) in [5, 5.41) is 4.87. The molecule has 1 N–H and O–H groups in total. The molecule has 21 heavy (non-hydrogen) atoms. The van der Waals surface area contributed by atoms with E-state index in [9.17, 15) is 0 Å². The molecule has 0 heterocycles. The van der Waals surface area contributed by atoms with Gasteiger partial charge >= 0.3 is 0 Å². The normalized spacial score (nSPS) is 13.8. The number of hydrogen-bond acceptors (Lipinski definition) is 2. The van der Waals surface area contributed by atoms with Crippen molar-refractivity contribution >= 4 is 23.2 Å². The lowest BCUT2D eigenvalue weighted by molar-refractivity contribution is 0.412. The summed E-state index contributed by atoms with van der Waals surface area (Å²) in [5.41, 5.74) is 2.21. The van der Waals surface area contributed by atoms with Gasteiger partial charge in [0.2, 0.25) is 0 Å². The zero-order valence-electron chi connectivity index (χ0n) is 12.4. The van der Waals surface area contributed by atoms with E-state index >= 15 is 0 Å². The molecule has 0 aliphatic carbocycles. The van der Waals surface area contributed by atoms with Crippen LogP contribution in [0, 0.1) is 0 Å². The highest BCUT2D eigenvalue weighted by molar-refractivity contribution is 6.35. The van der Waals surface area contributed by atoms with Gasteiger partial charge in [-0.05, 0) is 49.2 Å². The van der Waals surface area contributed by atoms with Crippen molar-refractivity contribution < 1.29 is 4.74 Å². The summed E-state index contributed by atoms with van der Waals surface area (Å²) in [6, 6.07) is 13.9. The third kappa shape index (κ3) is 4.13. The molecule has 112 valence electrons. The second kappa shape index (κ2) is 7.17. The number of halogens is 2. The Morgan fingerprint density at radius 3 is 2.43 bits per heavy atom. The monoisotopic (exact) mass is 323 g/mol. The summed E-state index contributed by atoms with van der Waals surface area (Å²) in [7, 11) is 1.67. The Balaban J connectivity index is 2.12. The molecule has 0 fully saturated rings. The van der Waals surface area contributed by atoms with Crippen LogP contribution in [0.1, 0.15) is 37.1 Å². The zero-order chi connectivity index (χ0) is 15.4. The smallest absolute Gasteiger partial charge is 0.119 e. The third-order valence-electron chi connectivity index (χ3n) is 3.52. The van der Waals surface area contributed by atoms with Crippen LogP contribution in [0.5, 0.6) is 5.75 Å². The van der Waals surface area contributed by atoms with E-state index in [0.717, 1.165) is 11.3 Å². The Morgan fingerprint density at radius 2 is 1.76 bits per heavy atom. The summed E-state index contributed by atoms with van der Waals surface area (Å²) in [4.78, 5) is 0. The SMILES string of the molecule is COc1cccc([C@H](C)NC(C)c2ccc(Cl)cc2Cl)c1. The summed E-state index contributed by atoms with van der Waals surface area (Å²) in [6.45, 7) is 4.21. The number of methoxy groups -OCH3 is 1. The van der Waals surface area contributed by atoms with Gasteiger partial charge in [-0.3, -0.25) is 0 Å². The first kappa shape index (κ1) is 16.2. The van der Waals surface area contributed by atoms with Crippen LogP contribution in [-0.2, 0) is 0 Å². The predicted octanol–water partition coefficient (Wildman–Crippen LogP) is 5.41. The molecule has 0 spiro atoms. The molecule has 4 heteroatoms. The maximum atomic E-state index is 6.26. The van der Waals surface area contributed by atoms with Crippen molar-refractivity contribution in [3.8, 4) is 5.75 Å². The van der Waals surface area contributed by atoms with Gasteiger partial charge in [0, 0.05) is 22.1 Å². The van der Waals surface area contributed by atoms with E-state index in [1.54, 1.807) is 13.2 Å². The minimum atomic E-state index is 0.121. The second-order valence-corrected chi connectivity index (χ2v) is 5.90. The predicted molar refractivity (Wildman–Crippen MR) is 89.4 cm³/mol. The van der Waals surface area contributed by atoms with Crippen molar-refractivity contribution in [1.82, 2.24) is 5.32 Å². The van der Waals surface area contributed by atoms with E-state index in [1.165, 1.54) is 5.56 Å². The maximum absolute atomic E-state index is 6.26. The molecule has 2 rings (SSSR count). The molecule has 0 saturated carbocycles. The highest BCUT2D eigenvalue weighted by Gasteiger charge is 2.14. The first-order valence-corrected chi connectivity index (χ1v) is 7.62. The molecule has 2 nitrogen and oxygen atoms in total. The summed E-state index contributed by atoms with van der Waals surface area (Å²) in [5.74, 6) is 0.860. The van der Waals surface area contributed by atoms with Crippen LogP contribution in [0.2, 0.25) is 10.0 Å². The lowest BCUT2D eigenvalue weighted by atomic mass is 10.0. The molecule has 2 aromatic carbocycles. The molecular weight excluding hydrogens is 305 g/mol. The topological polar surface area (TPSA) is 21.3 Å². The number of ether oxygens (including phenoxy) is 1. The largest absolute Gasteiger partial charge is 0.497 e. The minimum Gasteiger partial charge on any atom is -0.497 e. The van der Waals surface area contributed by atoms with Gasteiger partial charge < -0.3 is 10.1 Å². The quantitative estimate of drug-likeness (QED) is 0.793. The minimum absolute atomic E-state index is 0.121. The van der Waals surface area contributed by atoms with E-state index in [-0.39, 0.29) is 12.1 Å². The fraction of sp³-hybridized carbons (Fsp3) is 0.294. The van der Waals surface area contributed by atoms with Gasteiger partial charge in [0.05, 0.1) is 7.11 Å². The van der Waals surface area contributed by atoms with Crippen molar-refractivity contribution in [1.29, 1.82) is 0 Å². The van der Waals surface area contributed by atoms with Crippen LogP contribution >= 0.6 is 23.2 Å². The van der Waals surface area contributed by atoms with Crippen LogP contribution in [0.15, 0.2) is 42.5 Å². The molecule has 0 bridgehead atoms. The van der Waals surface area contributed by atoms with Gasteiger partial charge in [0.25, 0.3) is 0 Å². The Labute approximate surface area is 136 Å². The average Bonchev–Trinajstić information content (AvgIpc) is 2.47. The Kier molecular flexibility index (Phi) is 5.51. The van der Waals surface area contributed by atoms with Crippen LogP contribution in [0.25, 0.3) is 0 Å². The van der Waals surface area contributed by atoms with Crippen LogP contribution in [0.4, 0.5) is 0 Å². The molecule has 1 unspecified atom stereocenters. The standard InChI is InChI=1S/C17H19Cl2NO/c1-11(13-5-4-6-15(9-13)21-3)20-12(2)16-8-7-14(18)10-17(16)19/h4-12,20H,1-3H3/t11-,12?/m0/s1. The van der Waals surface area contributed by atoms with E-state index < -0.39 is 0 Å². The molecular formula is C17H19Cl2NO. The summed E-state index contributed by atoms with van der Waals surface area (Å²) < 4.78 is 5.26. The van der Waals surface area contributed by atoms with E-state index in [1.807, 2.05) is 30.3 Å². The highest BCUT2D eigenvalue weighted by Crippen LogP contribution is 2.28. The van der Waals surface area contributed by atoms with E-state index in [4.69, 9.17) is 27.9 Å². The Bertz CT molecular complexity index is 615. The van der Waals surface area contributed by atoms with Crippen LogP contribution < -0.4 is 10.1 Å². The first-order valence-electron chi connectivity index (χ1n) is 6.86. The van der Waals surface area contributed by atoms with Gasteiger partial charge in [0.1, 0.15) is 5.75 Å². The molecule has 0 amide bonds. The highest BCUT2D eigenvalue weighted by atomic mass is 35.5. The first-order chi connectivity index (χ1) is 10.0.